The van der Waals surface area contributed by atoms with Gasteiger partial charge in [-0.15, -0.1) is 10.2 Å². The first-order chi connectivity index (χ1) is 18.0. The quantitative estimate of drug-likeness (QED) is 0.204. The topological polar surface area (TPSA) is 97.3 Å². The minimum Gasteiger partial charge on any atom is -0.457 e. The summed E-state index contributed by atoms with van der Waals surface area (Å²) in [5.74, 6) is 1.73. The molecule has 0 radical (unpaired) electrons. The SMILES string of the molecule is CCc1nnc2sc(-c3ccc(CNC(=S)NC(=O)/C=C/c4ccc(-c5ccc(Cl)cc5)o4)cc3)nn12. The summed E-state index contributed by atoms with van der Waals surface area (Å²) in [4.78, 5) is 13.0. The first kappa shape index (κ1) is 24.8. The molecule has 0 bridgehead atoms. The molecule has 5 aromatic rings. The summed E-state index contributed by atoms with van der Waals surface area (Å²) < 4.78 is 7.55. The Hall–Kier alpha value is -3.86. The third-order valence-electron chi connectivity index (χ3n) is 5.42. The minimum atomic E-state index is -0.355. The van der Waals surface area contributed by atoms with E-state index in [1.807, 2.05) is 49.4 Å². The number of fused-ring (bicyclic) bond motifs is 1. The number of nitrogens with one attached hydrogen (secondary N) is 2. The number of nitrogens with zero attached hydrogens (tertiary/aromatic N) is 4. The van der Waals surface area contributed by atoms with Crippen molar-refractivity contribution in [2.24, 2.45) is 0 Å². The lowest BCUT2D eigenvalue weighted by atomic mass is 10.1. The number of carbonyl (C=O) groups is 1. The third kappa shape index (κ3) is 5.93. The van der Waals surface area contributed by atoms with E-state index < -0.39 is 0 Å². The molecule has 0 aliphatic heterocycles. The van der Waals surface area contributed by atoms with Gasteiger partial charge in [-0.25, -0.2) is 0 Å². The van der Waals surface area contributed by atoms with E-state index >= 15 is 0 Å². The Kier molecular flexibility index (Phi) is 7.40. The molecule has 1 amide bonds. The van der Waals surface area contributed by atoms with Gasteiger partial charge in [0.1, 0.15) is 16.5 Å². The molecule has 2 aromatic carbocycles. The van der Waals surface area contributed by atoms with Gasteiger partial charge in [-0.3, -0.25) is 10.1 Å². The van der Waals surface area contributed by atoms with Crippen molar-refractivity contribution < 1.29 is 9.21 Å². The molecule has 0 aliphatic carbocycles. The number of hydrogen-bond donors (Lipinski definition) is 2. The molecule has 3 heterocycles. The zero-order valence-corrected chi connectivity index (χ0v) is 22.0. The van der Waals surface area contributed by atoms with Gasteiger partial charge in [-0.05, 0) is 60.3 Å². The fourth-order valence-electron chi connectivity index (χ4n) is 3.51. The predicted molar refractivity (Wildman–Crippen MR) is 149 cm³/mol. The summed E-state index contributed by atoms with van der Waals surface area (Å²) in [5.41, 5.74) is 2.91. The number of carbonyl (C=O) groups excluding carboxylic acids is 1. The first-order valence-corrected chi connectivity index (χ1v) is 13.0. The molecule has 0 atom stereocenters. The molecular formula is C26H21ClN6O2S2. The summed E-state index contributed by atoms with van der Waals surface area (Å²) in [6.45, 7) is 2.50. The third-order valence-corrected chi connectivity index (χ3v) is 6.86. The lowest BCUT2D eigenvalue weighted by molar-refractivity contribution is -0.115. The van der Waals surface area contributed by atoms with Crippen molar-refractivity contribution in [3.8, 4) is 21.9 Å². The van der Waals surface area contributed by atoms with Crippen LogP contribution in [0.15, 0.2) is 71.2 Å². The summed E-state index contributed by atoms with van der Waals surface area (Å²) in [5, 5.41) is 20.4. The molecule has 0 saturated heterocycles. The predicted octanol–water partition coefficient (Wildman–Crippen LogP) is 5.53. The fourth-order valence-corrected chi connectivity index (χ4v) is 4.67. The van der Waals surface area contributed by atoms with Gasteiger partial charge < -0.3 is 9.73 Å². The van der Waals surface area contributed by atoms with Gasteiger partial charge in [0, 0.05) is 35.2 Å². The van der Waals surface area contributed by atoms with E-state index in [1.165, 1.54) is 17.4 Å². The Bertz CT molecular complexity index is 1590. The monoisotopic (exact) mass is 548 g/mol. The number of thiocarbonyl (C=S) groups is 1. The van der Waals surface area contributed by atoms with Gasteiger partial charge in [0.05, 0.1) is 0 Å². The second-order valence-electron chi connectivity index (χ2n) is 7.98. The van der Waals surface area contributed by atoms with E-state index in [9.17, 15) is 4.79 Å². The molecule has 0 aliphatic rings. The highest BCUT2D eigenvalue weighted by Crippen LogP contribution is 2.26. The summed E-state index contributed by atoms with van der Waals surface area (Å²) in [6, 6.07) is 18.9. The van der Waals surface area contributed by atoms with E-state index in [2.05, 4.69) is 25.9 Å². The van der Waals surface area contributed by atoms with E-state index in [1.54, 1.807) is 28.8 Å². The molecule has 3 aromatic heterocycles. The lowest BCUT2D eigenvalue weighted by Gasteiger charge is -2.08. The Morgan fingerprint density at radius 1 is 1.08 bits per heavy atom. The average Bonchev–Trinajstić information content (AvgIpc) is 3.63. The summed E-state index contributed by atoms with van der Waals surface area (Å²) in [7, 11) is 0. The van der Waals surface area contributed by atoms with Crippen molar-refractivity contribution in [2.45, 2.75) is 19.9 Å². The first-order valence-electron chi connectivity index (χ1n) is 11.4. The number of halogens is 1. The smallest absolute Gasteiger partial charge is 0.250 e. The van der Waals surface area contributed by atoms with Crippen LogP contribution in [0.4, 0.5) is 0 Å². The number of aryl methyl sites for hydroxylation is 1. The van der Waals surface area contributed by atoms with Crippen molar-refractivity contribution in [1.29, 1.82) is 0 Å². The largest absolute Gasteiger partial charge is 0.457 e. The van der Waals surface area contributed by atoms with Crippen LogP contribution in [0.5, 0.6) is 0 Å². The van der Waals surface area contributed by atoms with Gasteiger partial charge in [-0.1, -0.05) is 54.1 Å². The maximum Gasteiger partial charge on any atom is 0.250 e. The number of hydrogen-bond acceptors (Lipinski definition) is 7. The minimum absolute atomic E-state index is 0.237. The molecule has 0 unspecified atom stereocenters. The Balaban J connectivity index is 1.11. The standard InChI is InChI=1S/C26H21ClN6O2S2/c1-2-22-30-31-26-33(22)32-24(37-26)18-5-3-16(4-6-18)15-28-25(36)29-23(34)14-12-20-11-13-21(35-20)17-7-9-19(27)10-8-17/h3-14H,2,15H2,1H3,(H2,28,29,34,36)/b14-12+. The van der Waals surface area contributed by atoms with Crippen molar-refractivity contribution >= 4 is 57.2 Å². The average molecular weight is 549 g/mol. The van der Waals surface area contributed by atoms with Gasteiger partial charge in [-0.2, -0.15) is 9.61 Å². The second-order valence-corrected chi connectivity index (χ2v) is 9.78. The van der Waals surface area contributed by atoms with E-state index in [0.29, 0.717) is 23.1 Å². The van der Waals surface area contributed by atoms with Gasteiger partial charge in [0.15, 0.2) is 10.9 Å². The van der Waals surface area contributed by atoms with E-state index in [0.717, 1.165) is 38.9 Å². The van der Waals surface area contributed by atoms with Crippen LogP contribution < -0.4 is 10.6 Å². The molecule has 8 nitrogen and oxygen atoms in total. The molecule has 5 rings (SSSR count). The molecule has 186 valence electrons. The fraction of sp³-hybridized carbons (Fsp3) is 0.115. The maximum absolute atomic E-state index is 12.3. The van der Waals surface area contributed by atoms with E-state index in [-0.39, 0.29) is 11.0 Å². The van der Waals surface area contributed by atoms with Crippen LogP contribution in [0.1, 0.15) is 24.1 Å². The Morgan fingerprint density at radius 2 is 1.84 bits per heavy atom. The molecule has 0 spiro atoms. The number of benzene rings is 2. The van der Waals surface area contributed by atoms with Crippen LogP contribution in [0.2, 0.25) is 5.02 Å². The number of amides is 1. The van der Waals surface area contributed by atoms with Crippen LogP contribution in [-0.4, -0.2) is 30.8 Å². The van der Waals surface area contributed by atoms with Crippen molar-refractivity contribution in [2.75, 3.05) is 0 Å². The number of aromatic nitrogens is 4. The van der Waals surface area contributed by atoms with Crippen molar-refractivity contribution in [3.05, 3.63) is 88.9 Å². The van der Waals surface area contributed by atoms with Gasteiger partial charge in [0.2, 0.25) is 10.9 Å². The number of rotatable bonds is 7. The van der Waals surface area contributed by atoms with Crippen molar-refractivity contribution in [1.82, 2.24) is 30.4 Å². The van der Waals surface area contributed by atoms with Crippen LogP contribution in [0, 0.1) is 0 Å². The number of furan rings is 1. The molecule has 0 saturated carbocycles. The zero-order chi connectivity index (χ0) is 25.8. The zero-order valence-electron chi connectivity index (χ0n) is 19.6. The molecule has 37 heavy (non-hydrogen) atoms. The summed E-state index contributed by atoms with van der Waals surface area (Å²) in [6.07, 6.45) is 3.73. The Morgan fingerprint density at radius 3 is 2.59 bits per heavy atom. The molecular weight excluding hydrogens is 528 g/mol. The highest BCUT2D eigenvalue weighted by molar-refractivity contribution is 7.80. The highest BCUT2D eigenvalue weighted by Gasteiger charge is 2.12. The second kappa shape index (κ2) is 11.0. The van der Waals surface area contributed by atoms with Gasteiger partial charge in [0.25, 0.3) is 0 Å². The summed E-state index contributed by atoms with van der Waals surface area (Å²) >= 11 is 12.7. The van der Waals surface area contributed by atoms with Crippen LogP contribution in [0.25, 0.3) is 32.9 Å². The maximum atomic E-state index is 12.3. The van der Waals surface area contributed by atoms with Crippen molar-refractivity contribution in [3.63, 3.8) is 0 Å². The molecule has 11 heteroatoms. The van der Waals surface area contributed by atoms with Gasteiger partial charge >= 0.3 is 0 Å². The van der Waals surface area contributed by atoms with Crippen LogP contribution >= 0.6 is 35.2 Å². The highest BCUT2D eigenvalue weighted by atomic mass is 35.5. The Labute approximate surface area is 227 Å². The van der Waals surface area contributed by atoms with Crippen LogP contribution in [-0.2, 0) is 17.8 Å². The molecule has 2 N–H and O–H groups in total. The lowest BCUT2D eigenvalue weighted by Crippen LogP contribution is -2.37. The molecule has 0 fully saturated rings. The normalized spacial score (nSPS) is 11.3. The van der Waals surface area contributed by atoms with Crippen LogP contribution in [0.3, 0.4) is 0 Å². The van der Waals surface area contributed by atoms with E-state index in [4.69, 9.17) is 28.2 Å².